The van der Waals surface area contributed by atoms with Crippen LogP contribution in [0.4, 0.5) is 0 Å². The Morgan fingerprint density at radius 2 is 1.90 bits per heavy atom. The molecule has 0 bridgehead atoms. The molecule has 0 aromatic rings. The molecule has 3 atom stereocenters. The Hall–Kier alpha value is -0.260. The Bertz CT molecular complexity index is 144. The van der Waals surface area contributed by atoms with Crippen LogP contribution in [0.25, 0.3) is 0 Å². The van der Waals surface area contributed by atoms with Gasteiger partial charge in [0.2, 0.25) is 0 Å². The predicted octanol–water partition coefficient (Wildman–Crippen LogP) is 3.24. The van der Waals surface area contributed by atoms with Crippen molar-refractivity contribution in [1.82, 2.24) is 0 Å². The quantitative estimate of drug-likeness (QED) is 0.451. The summed E-state index contributed by atoms with van der Waals surface area (Å²) in [5, 5.41) is 0. The van der Waals surface area contributed by atoms with Gasteiger partial charge in [0.15, 0.2) is 0 Å². The zero-order chi connectivity index (χ0) is 7.72. The SMILES string of the molecule is CC1=C[C@H](C)C(C)CC1C. The van der Waals surface area contributed by atoms with Crippen LogP contribution in [0.15, 0.2) is 11.6 Å². The third-order valence-corrected chi connectivity index (χ3v) is 2.93. The molecule has 0 aromatic carbocycles. The van der Waals surface area contributed by atoms with Gasteiger partial charge in [0.25, 0.3) is 0 Å². The van der Waals surface area contributed by atoms with E-state index in [-0.39, 0.29) is 0 Å². The lowest BCUT2D eigenvalue weighted by atomic mass is 9.78. The average molecular weight is 138 g/mol. The fourth-order valence-electron chi connectivity index (χ4n) is 1.70. The topological polar surface area (TPSA) is 0 Å². The molecule has 0 saturated heterocycles. The zero-order valence-corrected chi connectivity index (χ0v) is 7.52. The molecular weight excluding hydrogens is 120 g/mol. The van der Waals surface area contributed by atoms with E-state index < -0.39 is 0 Å². The molecule has 1 aliphatic rings. The average Bonchev–Trinajstić information content (AvgIpc) is 1.84. The van der Waals surface area contributed by atoms with Crippen molar-refractivity contribution in [2.24, 2.45) is 17.8 Å². The first-order valence-electron chi connectivity index (χ1n) is 4.29. The minimum atomic E-state index is 0.802. The first kappa shape index (κ1) is 7.84. The lowest BCUT2D eigenvalue weighted by Gasteiger charge is -2.28. The van der Waals surface area contributed by atoms with E-state index >= 15 is 0 Å². The van der Waals surface area contributed by atoms with Crippen LogP contribution in [-0.2, 0) is 0 Å². The van der Waals surface area contributed by atoms with E-state index in [0.717, 1.165) is 17.8 Å². The number of allylic oxidation sites excluding steroid dienone is 2. The van der Waals surface area contributed by atoms with Gasteiger partial charge in [0.1, 0.15) is 0 Å². The van der Waals surface area contributed by atoms with Crippen LogP contribution in [0.1, 0.15) is 34.1 Å². The fraction of sp³-hybridized carbons (Fsp3) is 0.800. The maximum absolute atomic E-state index is 2.43. The van der Waals surface area contributed by atoms with Crippen LogP contribution in [0, 0.1) is 17.8 Å². The molecule has 0 amide bonds. The van der Waals surface area contributed by atoms with Crippen LogP contribution in [0.5, 0.6) is 0 Å². The highest BCUT2D eigenvalue weighted by Gasteiger charge is 2.20. The molecule has 0 heterocycles. The van der Waals surface area contributed by atoms with E-state index in [0.29, 0.717) is 0 Å². The molecule has 0 nitrogen and oxygen atoms in total. The monoisotopic (exact) mass is 138 g/mol. The molecule has 0 aromatic heterocycles. The summed E-state index contributed by atoms with van der Waals surface area (Å²) in [6, 6.07) is 0. The standard InChI is InChI=1S/C10H18/c1-7-5-9(3)10(4)6-8(7)2/h5,7-8,10H,6H2,1-4H3/t7-,8?,10?/m0/s1. The molecule has 1 aliphatic carbocycles. The molecule has 58 valence electrons. The third kappa shape index (κ3) is 1.42. The van der Waals surface area contributed by atoms with Crippen molar-refractivity contribution in [3.63, 3.8) is 0 Å². The van der Waals surface area contributed by atoms with Crippen LogP contribution in [-0.4, -0.2) is 0 Å². The summed E-state index contributed by atoms with van der Waals surface area (Å²) in [5.41, 5.74) is 1.59. The van der Waals surface area contributed by atoms with Crippen LogP contribution in [0.3, 0.4) is 0 Å². The van der Waals surface area contributed by atoms with Crippen molar-refractivity contribution in [2.45, 2.75) is 34.1 Å². The minimum Gasteiger partial charge on any atom is -0.0822 e. The van der Waals surface area contributed by atoms with E-state index in [4.69, 9.17) is 0 Å². The van der Waals surface area contributed by atoms with Gasteiger partial charge < -0.3 is 0 Å². The van der Waals surface area contributed by atoms with Crippen LogP contribution < -0.4 is 0 Å². The highest BCUT2D eigenvalue weighted by atomic mass is 14.3. The van der Waals surface area contributed by atoms with E-state index in [9.17, 15) is 0 Å². The summed E-state index contributed by atoms with van der Waals surface area (Å²) < 4.78 is 0. The first-order valence-corrected chi connectivity index (χ1v) is 4.29. The van der Waals surface area contributed by atoms with Gasteiger partial charge in [0.05, 0.1) is 0 Å². The molecule has 0 fully saturated rings. The molecule has 0 saturated carbocycles. The molecule has 0 radical (unpaired) electrons. The van der Waals surface area contributed by atoms with Gasteiger partial charge in [-0.3, -0.25) is 0 Å². The van der Waals surface area contributed by atoms with E-state index in [1.807, 2.05) is 0 Å². The second-order valence-electron chi connectivity index (χ2n) is 3.88. The molecule has 2 unspecified atom stereocenters. The Balaban J connectivity index is 2.69. The summed E-state index contributed by atoms with van der Waals surface area (Å²) in [4.78, 5) is 0. The molecule has 1 rings (SSSR count). The number of hydrogen-bond acceptors (Lipinski definition) is 0. The lowest BCUT2D eigenvalue weighted by molar-refractivity contribution is 0.351. The Labute approximate surface area is 64.3 Å². The van der Waals surface area contributed by atoms with Crippen molar-refractivity contribution < 1.29 is 0 Å². The van der Waals surface area contributed by atoms with E-state index in [1.54, 1.807) is 5.57 Å². The summed E-state index contributed by atoms with van der Waals surface area (Å²) in [5.74, 6) is 2.51. The first-order chi connectivity index (χ1) is 4.61. The van der Waals surface area contributed by atoms with Gasteiger partial charge in [-0.05, 0) is 31.1 Å². The number of rotatable bonds is 0. The van der Waals surface area contributed by atoms with Crippen LogP contribution >= 0.6 is 0 Å². The van der Waals surface area contributed by atoms with Gasteiger partial charge in [-0.25, -0.2) is 0 Å². The van der Waals surface area contributed by atoms with E-state index in [2.05, 4.69) is 33.8 Å². The molecule has 0 N–H and O–H groups in total. The second kappa shape index (κ2) is 2.77. The normalized spacial score (nSPS) is 41.2. The smallest absolute Gasteiger partial charge is 0.0232 e. The molecule has 0 aliphatic heterocycles. The van der Waals surface area contributed by atoms with Gasteiger partial charge >= 0.3 is 0 Å². The summed E-state index contributed by atoms with van der Waals surface area (Å²) in [6.07, 6.45) is 3.81. The van der Waals surface area contributed by atoms with Crippen molar-refractivity contribution in [2.75, 3.05) is 0 Å². The Morgan fingerprint density at radius 3 is 2.40 bits per heavy atom. The van der Waals surface area contributed by atoms with Crippen LogP contribution in [0.2, 0.25) is 0 Å². The molecule has 0 heteroatoms. The van der Waals surface area contributed by atoms with Crippen molar-refractivity contribution >= 4 is 0 Å². The fourth-order valence-corrected chi connectivity index (χ4v) is 1.70. The van der Waals surface area contributed by atoms with Gasteiger partial charge in [-0.2, -0.15) is 0 Å². The Kier molecular flexibility index (Phi) is 2.18. The van der Waals surface area contributed by atoms with Gasteiger partial charge in [-0.1, -0.05) is 32.4 Å². The zero-order valence-electron chi connectivity index (χ0n) is 7.52. The summed E-state index contributed by atoms with van der Waals surface area (Å²) in [6.45, 7) is 9.26. The maximum atomic E-state index is 2.43. The van der Waals surface area contributed by atoms with Crippen molar-refractivity contribution in [3.8, 4) is 0 Å². The summed E-state index contributed by atoms with van der Waals surface area (Å²) in [7, 11) is 0. The van der Waals surface area contributed by atoms with Crippen molar-refractivity contribution in [1.29, 1.82) is 0 Å². The maximum Gasteiger partial charge on any atom is -0.0232 e. The highest BCUT2D eigenvalue weighted by Crippen LogP contribution is 2.31. The predicted molar refractivity (Wildman–Crippen MR) is 45.9 cm³/mol. The third-order valence-electron chi connectivity index (χ3n) is 2.93. The minimum absolute atomic E-state index is 0.802. The van der Waals surface area contributed by atoms with Crippen molar-refractivity contribution in [3.05, 3.63) is 11.6 Å². The number of hydrogen-bond donors (Lipinski definition) is 0. The van der Waals surface area contributed by atoms with E-state index in [1.165, 1.54) is 6.42 Å². The second-order valence-corrected chi connectivity index (χ2v) is 3.88. The molecule has 0 spiro atoms. The van der Waals surface area contributed by atoms with Gasteiger partial charge in [-0.15, -0.1) is 0 Å². The molecule has 10 heavy (non-hydrogen) atoms. The summed E-state index contributed by atoms with van der Waals surface area (Å²) >= 11 is 0. The van der Waals surface area contributed by atoms with Gasteiger partial charge in [0, 0.05) is 0 Å². The molecular formula is C10H18. The largest absolute Gasteiger partial charge is 0.0822 e. The Morgan fingerprint density at radius 1 is 1.30 bits per heavy atom. The highest BCUT2D eigenvalue weighted by molar-refractivity contribution is 5.09. The lowest BCUT2D eigenvalue weighted by Crippen LogP contribution is -2.16.